The Morgan fingerprint density at radius 1 is 1.41 bits per heavy atom. The fraction of sp³-hybridized carbons (Fsp3) is 0.417. The zero-order chi connectivity index (χ0) is 12.5. The van der Waals surface area contributed by atoms with Crippen molar-refractivity contribution in [3.8, 4) is 11.8 Å². The summed E-state index contributed by atoms with van der Waals surface area (Å²) >= 11 is 0. The first-order valence-corrected chi connectivity index (χ1v) is 5.42. The fourth-order valence-corrected chi connectivity index (χ4v) is 1.13. The molecular formula is C12H16N2O3. The summed E-state index contributed by atoms with van der Waals surface area (Å²) in [5, 5.41) is 18.1. The number of nitrogens with zero attached hydrogens (tertiary/aromatic N) is 1. The molecule has 1 aromatic rings. The molecule has 17 heavy (non-hydrogen) atoms. The normalized spacial score (nSPS) is 11.8. The SMILES string of the molecule is CCONCC(O)COc1ccc(C#N)cc1. The van der Waals surface area contributed by atoms with Gasteiger partial charge in [0.2, 0.25) is 0 Å². The Kier molecular flexibility index (Phi) is 6.04. The lowest BCUT2D eigenvalue weighted by Gasteiger charge is -2.12. The van der Waals surface area contributed by atoms with Gasteiger partial charge in [0.05, 0.1) is 24.8 Å². The molecule has 2 N–H and O–H groups in total. The van der Waals surface area contributed by atoms with Crippen LogP contribution in [0.25, 0.3) is 0 Å². The van der Waals surface area contributed by atoms with Crippen molar-refractivity contribution >= 4 is 0 Å². The molecule has 1 unspecified atom stereocenters. The van der Waals surface area contributed by atoms with Gasteiger partial charge in [0, 0.05) is 0 Å². The first kappa shape index (κ1) is 13.5. The molecule has 0 spiro atoms. The molecule has 0 radical (unpaired) electrons. The Morgan fingerprint density at radius 2 is 2.12 bits per heavy atom. The van der Waals surface area contributed by atoms with Gasteiger partial charge in [-0.25, -0.2) is 0 Å². The molecule has 0 saturated heterocycles. The van der Waals surface area contributed by atoms with E-state index in [4.69, 9.17) is 14.8 Å². The number of nitriles is 1. The Labute approximate surface area is 101 Å². The lowest BCUT2D eigenvalue weighted by Crippen LogP contribution is -2.31. The first-order chi connectivity index (χ1) is 8.26. The van der Waals surface area contributed by atoms with Crippen LogP contribution in [-0.2, 0) is 4.84 Å². The molecule has 0 aliphatic rings. The number of benzene rings is 1. The lowest BCUT2D eigenvalue weighted by atomic mass is 10.2. The highest BCUT2D eigenvalue weighted by molar-refractivity contribution is 5.34. The average molecular weight is 236 g/mol. The Morgan fingerprint density at radius 3 is 2.71 bits per heavy atom. The predicted octanol–water partition coefficient (Wildman–Crippen LogP) is 0.839. The molecule has 92 valence electrons. The zero-order valence-corrected chi connectivity index (χ0v) is 9.72. The highest BCUT2D eigenvalue weighted by Crippen LogP contribution is 2.11. The van der Waals surface area contributed by atoms with E-state index in [0.29, 0.717) is 24.5 Å². The van der Waals surface area contributed by atoms with Crippen molar-refractivity contribution in [3.05, 3.63) is 29.8 Å². The van der Waals surface area contributed by atoms with Gasteiger partial charge in [0.1, 0.15) is 18.5 Å². The molecule has 0 amide bonds. The van der Waals surface area contributed by atoms with Gasteiger partial charge in [-0.3, -0.25) is 0 Å². The van der Waals surface area contributed by atoms with Crippen LogP contribution in [0.1, 0.15) is 12.5 Å². The average Bonchev–Trinajstić information content (AvgIpc) is 2.37. The van der Waals surface area contributed by atoms with Crippen LogP contribution >= 0.6 is 0 Å². The molecule has 0 bridgehead atoms. The monoisotopic (exact) mass is 236 g/mol. The van der Waals surface area contributed by atoms with Crippen molar-refractivity contribution in [2.75, 3.05) is 19.8 Å². The molecule has 0 aliphatic carbocycles. The fourth-order valence-electron chi connectivity index (χ4n) is 1.13. The van der Waals surface area contributed by atoms with Gasteiger partial charge in [-0.1, -0.05) is 0 Å². The topological polar surface area (TPSA) is 74.5 Å². The van der Waals surface area contributed by atoms with Crippen molar-refractivity contribution in [2.45, 2.75) is 13.0 Å². The molecule has 1 aromatic carbocycles. The Bertz CT molecular complexity index is 359. The van der Waals surface area contributed by atoms with Crippen LogP contribution in [0.4, 0.5) is 0 Å². The molecule has 0 fully saturated rings. The molecular weight excluding hydrogens is 220 g/mol. The molecule has 0 aliphatic heterocycles. The summed E-state index contributed by atoms with van der Waals surface area (Å²) < 4.78 is 5.34. The van der Waals surface area contributed by atoms with E-state index >= 15 is 0 Å². The largest absolute Gasteiger partial charge is 0.491 e. The number of hydrogen-bond acceptors (Lipinski definition) is 5. The van der Waals surface area contributed by atoms with Gasteiger partial charge in [-0.2, -0.15) is 10.7 Å². The maximum absolute atomic E-state index is 9.52. The maximum atomic E-state index is 9.52. The second-order valence-corrected chi connectivity index (χ2v) is 3.38. The number of hydroxylamine groups is 1. The summed E-state index contributed by atoms with van der Waals surface area (Å²) in [6.45, 7) is 2.88. The highest BCUT2D eigenvalue weighted by atomic mass is 16.6. The van der Waals surface area contributed by atoms with E-state index in [1.807, 2.05) is 13.0 Å². The van der Waals surface area contributed by atoms with E-state index in [0.717, 1.165) is 0 Å². The minimum absolute atomic E-state index is 0.173. The summed E-state index contributed by atoms with van der Waals surface area (Å²) in [6.07, 6.45) is -0.641. The number of aliphatic hydroxyl groups excluding tert-OH is 1. The predicted molar refractivity (Wildman–Crippen MR) is 62.3 cm³/mol. The molecule has 1 rings (SSSR count). The molecule has 1 atom stereocenters. The van der Waals surface area contributed by atoms with E-state index in [1.165, 1.54) is 0 Å². The molecule has 0 aromatic heterocycles. The number of hydrogen-bond donors (Lipinski definition) is 2. The molecule has 0 saturated carbocycles. The number of rotatable bonds is 7. The van der Waals surface area contributed by atoms with E-state index < -0.39 is 6.10 Å². The third kappa shape index (κ3) is 5.31. The van der Waals surface area contributed by atoms with Crippen molar-refractivity contribution in [1.82, 2.24) is 5.48 Å². The summed E-state index contributed by atoms with van der Waals surface area (Å²) in [4.78, 5) is 4.88. The lowest BCUT2D eigenvalue weighted by molar-refractivity contribution is 0.00949. The Hall–Kier alpha value is -1.61. The van der Waals surface area contributed by atoms with Crippen LogP contribution in [0.3, 0.4) is 0 Å². The van der Waals surface area contributed by atoms with E-state index in [9.17, 15) is 5.11 Å². The van der Waals surface area contributed by atoms with Crippen LogP contribution in [-0.4, -0.2) is 31.0 Å². The van der Waals surface area contributed by atoms with Crippen LogP contribution in [0, 0.1) is 11.3 Å². The second kappa shape index (κ2) is 7.63. The summed E-state index contributed by atoms with van der Waals surface area (Å²) in [6, 6.07) is 8.75. The minimum Gasteiger partial charge on any atom is -0.491 e. The maximum Gasteiger partial charge on any atom is 0.119 e. The first-order valence-electron chi connectivity index (χ1n) is 5.42. The van der Waals surface area contributed by atoms with E-state index in [2.05, 4.69) is 5.48 Å². The van der Waals surface area contributed by atoms with Crippen molar-refractivity contribution in [1.29, 1.82) is 5.26 Å². The summed E-state index contributed by atoms with van der Waals surface area (Å²) in [7, 11) is 0. The van der Waals surface area contributed by atoms with Crippen molar-refractivity contribution < 1.29 is 14.7 Å². The zero-order valence-electron chi connectivity index (χ0n) is 9.72. The standard InChI is InChI=1S/C12H16N2O3/c1-2-17-14-8-11(15)9-16-12-5-3-10(7-13)4-6-12/h3-6,11,14-15H,2,8-9H2,1H3. The summed E-state index contributed by atoms with van der Waals surface area (Å²) in [5.41, 5.74) is 3.20. The van der Waals surface area contributed by atoms with Crippen molar-refractivity contribution in [3.63, 3.8) is 0 Å². The van der Waals surface area contributed by atoms with Gasteiger partial charge >= 0.3 is 0 Å². The number of ether oxygens (including phenoxy) is 1. The minimum atomic E-state index is -0.641. The van der Waals surface area contributed by atoms with Crippen molar-refractivity contribution in [2.24, 2.45) is 0 Å². The van der Waals surface area contributed by atoms with Crippen LogP contribution in [0.5, 0.6) is 5.75 Å². The quantitative estimate of drug-likeness (QED) is 0.542. The third-order valence-corrected chi connectivity index (χ3v) is 1.99. The van der Waals surface area contributed by atoms with Gasteiger partial charge in [-0.15, -0.1) is 0 Å². The van der Waals surface area contributed by atoms with E-state index in [1.54, 1.807) is 24.3 Å². The molecule has 5 heteroatoms. The number of nitrogens with one attached hydrogen (secondary N) is 1. The Balaban J connectivity index is 2.27. The van der Waals surface area contributed by atoms with Gasteiger partial charge in [0.25, 0.3) is 0 Å². The number of aliphatic hydroxyl groups is 1. The van der Waals surface area contributed by atoms with E-state index in [-0.39, 0.29) is 6.61 Å². The van der Waals surface area contributed by atoms with Gasteiger partial charge < -0.3 is 14.7 Å². The highest BCUT2D eigenvalue weighted by Gasteiger charge is 2.04. The van der Waals surface area contributed by atoms with Crippen LogP contribution < -0.4 is 10.2 Å². The second-order valence-electron chi connectivity index (χ2n) is 3.38. The molecule has 0 heterocycles. The summed E-state index contributed by atoms with van der Waals surface area (Å²) in [5.74, 6) is 0.624. The van der Waals surface area contributed by atoms with Gasteiger partial charge in [-0.05, 0) is 31.2 Å². The third-order valence-electron chi connectivity index (χ3n) is 1.99. The molecule has 5 nitrogen and oxygen atoms in total. The van der Waals surface area contributed by atoms with Crippen LogP contribution in [0.2, 0.25) is 0 Å². The van der Waals surface area contributed by atoms with Gasteiger partial charge in [0.15, 0.2) is 0 Å². The van der Waals surface area contributed by atoms with Crippen LogP contribution in [0.15, 0.2) is 24.3 Å². The smallest absolute Gasteiger partial charge is 0.119 e.